The monoisotopic (exact) mass is 432 g/mol. The third-order valence-electron chi connectivity index (χ3n) is 4.54. The van der Waals surface area contributed by atoms with Crippen molar-refractivity contribution < 1.29 is 14.3 Å². The van der Waals surface area contributed by atoms with Crippen LogP contribution in [0.4, 0.5) is 10.8 Å². The predicted molar refractivity (Wildman–Crippen MR) is 120 cm³/mol. The molecule has 7 nitrogen and oxygen atoms in total. The maximum absolute atomic E-state index is 11.5. The van der Waals surface area contributed by atoms with E-state index < -0.39 is 0 Å². The van der Waals surface area contributed by atoms with Crippen LogP contribution in [0.25, 0.3) is 11.3 Å². The molecule has 1 atom stereocenters. The molecule has 0 radical (unpaired) electrons. The first kappa shape index (κ1) is 20.5. The summed E-state index contributed by atoms with van der Waals surface area (Å²) >= 11 is 1.47. The van der Waals surface area contributed by atoms with Crippen molar-refractivity contribution >= 4 is 28.4 Å². The van der Waals surface area contributed by atoms with Crippen molar-refractivity contribution in [3.8, 4) is 28.8 Å². The topological polar surface area (TPSA) is 86.2 Å². The summed E-state index contributed by atoms with van der Waals surface area (Å²) in [5.41, 5.74) is 3.17. The van der Waals surface area contributed by atoms with Crippen LogP contribution in [-0.4, -0.2) is 28.3 Å². The average Bonchev–Trinajstić information content (AvgIpc) is 3.28. The lowest BCUT2D eigenvalue weighted by Crippen LogP contribution is -2.00. The molecule has 0 spiro atoms. The summed E-state index contributed by atoms with van der Waals surface area (Å²) in [7, 11) is 1.52. The zero-order valence-corrected chi connectivity index (χ0v) is 17.8. The molecule has 4 aromatic rings. The van der Waals surface area contributed by atoms with Crippen molar-refractivity contribution in [2.24, 2.45) is 0 Å². The number of anilines is 2. The van der Waals surface area contributed by atoms with Crippen molar-refractivity contribution in [1.29, 1.82) is 0 Å². The van der Waals surface area contributed by atoms with Crippen LogP contribution in [0, 0.1) is 0 Å². The number of para-hydroxylation sites is 1. The Kier molecular flexibility index (Phi) is 6.18. The van der Waals surface area contributed by atoms with E-state index in [1.807, 2.05) is 60.8 Å². The fraction of sp³-hybridized carbons (Fsp3) is 0.130. The number of nitrogens with zero attached hydrogens (tertiary/aromatic N) is 3. The molecule has 0 saturated carbocycles. The standard InChI is InChI=1S/C23H20N4O3S/c1-15(13-28)19-10-17(8-9-21(19)30-18-6-4-3-5-7-18)26-23-27-20(14-31-23)16-11-24-22(29-2)25-12-16/h3-15H,1-2H3,(H,26,27). The van der Waals surface area contributed by atoms with Gasteiger partial charge in [0, 0.05) is 40.5 Å². The van der Waals surface area contributed by atoms with Gasteiger partial charge in [-0.3, -0.25) is 0 Å². The number of thiazole rings is 1. The summed E-state index contributed by atoms with van der Waals surface area (Å²) in [6, 6.07) is 15.5. The fourth-order valence-electron chi connectivity index (χ4n) is 2.90. The molecule has 0 fully saturated rings. The predicted octanol–water partition coefficient (Wildman–Crippen LogP) is 5.45. The van der Waals surface area contributed by atoms with Crippen LogP contribution in [-0.2, 0) is 4.79 Å². The number of hydrogen-bond acceptors (Lipinski definition) is 8. The maximum Gasteiger partial charge on any atom is 0.316 e. The van der Waals surface area contributed by atoms with Crippen LogP contribution in [0.3, 0.4) is 0 Å². The number of benzene rings is 2. The Morgan fingerprint density at radius 1 is 1.10 bits per heavy atom. The summed E-state index contributed by atoms with van der Waals surface area (Å²) in [6.45, 7) is 1.84. The van der Waals surface area contributed by atoms with Crippen LogP contribution < -0.4 is 14.8 Å². The first-order chi connectivity index (χ1) is 15.2. The second-order valence-electron chi connectivity index (χ2n) is 6.71. The Bertz CT molecular complexity index is 1160. The highest BCUT2D eigenvalue weighted by molar-refractivity contribution is 7.14. The smallest absolute Gasteiger partial charge is 0.316 e. The van der Waals surface area contributed by atoms with E-state index in [2.05, 4.69) is 20.3 Å². The van der Waals surface area contributed by atoms with Crippen molar-refractivity contribution in [3.05, 3.63) is 71.9 Å². The highest BCUT2D eigenvalue weighted by Crippen LogP contribution is 2.34. The number of methoxy groups -OCH3 is 1. The lowest BCUT2D eigenvalue weighted by atomic mass is 10.0. The molecule has 4 rings (SSSR count). The first-order valence-electron chi connectivity index (χ1n) is 9.57. The van der Waals surface area contributed by atoms with E-state index in [4.69, 9.17) is 9.47 Å². The quantitative estimate of drug-likeness (QED) is 0.371. The van der Waals surface area contributed by atoms with Gasteiger partial charge in [-0.1, -0.05) is 25.1 Å². The van der Waals surface area contributed by atoms with E-state index in [1.165, 1.54) is 18.4 Å². The lowest BCUT2D eigenvalue weighted by molar-refractivity contribution is -0.108. The number of aromatic nitrogens is 3. The van der Waals surface area contributed by atoms with Gasteiger partial charge in [0.25, 0.3) is 0 Å². The Morgan fingerprint density at radius 2 is 1.87 bits per heavy atom. The molecule has 0 aliphatic heterocycles. The van der Waals surface area contributed by atoms with Gasteiger partial charge in [0.1, 0.15) is 17.8 Å². The normalized spacial score (nSPS) is 11.5. The number of ether oxygens (including phenoxy) is 2. The molecule has 2 heterocycles. The van der Waals surface area contributed by atoms with Gasteiger partial charge in [-0.2, -0.15) is 0 Å². The third-order valence-corrected chi connectivity index (χ3v) is 5.30. The number of aldehydes is 1. The SMILES string of the molecule is COc1ncc(-c2csc(Nc3ccc(Oc4ccccc4)c(C(C)C=O)c3)n2)cn1. The largest absolute Gasteiger partial charge is 0.467 e. The number of hydrogen-bond donors (Lipinski definition) is 1. The van der Waals surface area contributed by atoms with Crippen LogP contribution in [0.5, 0.6) is 17.5 Å². The van der Waals surface area contributed by atoms with E-state index in [1.54, 1.807) is 12.4 Å². The molecular weight excluding hydrogens is 412 g/mol. The second kappa shape index (κ2) is 9.36. The molecule has 2 aromatic carbocycles. The summed E-state index contributed by atoms with van der Waals surface area (Å²) in [5.74, 6) is 1.05. The van der Waals surface area contributed by atoms with Crippen molar-refractivity contribution in [3.63, 3.8) is 0 Å². The van der Waals surface area contributed by atoms with Crippen LogP contribution >= 0.6 is 11.3 Å². The second-order valence-corrected chi connectivity index (χ2v) is 7.57. The minimum Gasteiger partial charge on any atom is -0.467 e. The third kappa shape index (κ3) is 4.87. The fourth-order valence-corrected chi connectivity index (χ4v) is 3.64. The summed E-state index contributed by atoms with van der Waals surface area (Å²) in [4.78, 5) is 24.3. The van der Waals surface area contributed by atoms with Crippen LogP contribution in [0.15, 0.2) is 66.3 Å². The van der Waals surface area contributed by atoms with E-state index in [-0.39, 0.29) is 5.92 Å². The molecule has 0 aliphatic rings. The van der Waals surface area contributed by atoms with E-state index in [9.17, 15) is 4.79 Å². The molecular formula is C23H20N4O3S. The lowest BCUT2D eigenvalue weighted by Gasteiger charge is -2.15. The highest BCUT2D eigenvalue weighted by Gasteiger charge is 2.14. The Morgan fingerprint density at radius 3 is 2.58 bits per heavy atom. The molecule has 156 valence electrons. The first-order valence-corrected chi connectivity index (χ1v) is 10.5. The van der Waals surface area contributed by atoms with Crippen LogP contribution in [0.1, 0.15) is 18.4 Å². The average molecular weight is 433 g/mol. The summed E-state index contributed by atoms with van der Waals surface area (Å²) in [6.07, 6.45) is 4.25. The highest BCUT2D eigenvalue weighted by atomic mass is 32.1. The molecule has 8 heteroatoms. The number of nitrogens with one attached hydrogen (secondary N) is 1. The molecule has 0 saturated heterocycles. The molecule has 31 heavy (non-hydrogen) atoms. The van der Waals surface area contributed by atoms with Gasteiger partial charge in [-0.25, -0.2) is 15.0 Å². The Hall–Kier alpha value is -3.78. The Labute approximate surface area is 183 Å². The van der Waals surface area contributed by atoms with Crippen molar-refractivity contribution in [2.45, 2.75) is 12.8 Å². The van der Waals surface area contributed by atoms with E-state index in [0.717, 1.165) is 28.8 Å². The van der Waals surface area contributed by atoms with Crippen LogP contribution in [0.2, 0.25) is 0 Å². The number of carbonyl (C=O) groups excluding carboxylic acids is 1. The molecule has 2 aromatic heterocycles. The molecule has 1 N–H and O–H groups in total. The maximum atomic E-state index is 11.5. The van der Waals surface area contributed by atoms with Crippen molar-refractivity contribution in [1.82, 2.24) is 15.0 Å². The van der Waals surface area contributed by atoms with Gasteiger partial charge in [0.15, 0.2) is 5.13 Å². The molecule has 0 aliphatic carbocycles. The zero-order chi connectivity index (χ0) is 21.6. The number of carbonyl (C=O) groups is 1. The Balaban J connectivity index is 1.55. The summed E-state index contributed by atoms with van der Waals surface area (Å²) < 4.78 is 11.0. The molecule has 1 unspecified atom stereocenters. The van der Waals surface area contributed by atoms with Gasteiger partial charge in [0.2, 0.25) is 0 Å². The molecule has 0 amide bonds. The van der Waals surface area contributed by atoms with Gasteiger partial charge in [-0.15, -0.1) is 11.3 Å². The van der Waals surface area contributed by atoms with E-state index >= 15 is 0 Å². The van der Waals surface area contributed by atoms with E-state index in [0.29, 0.717) is 22.6 Å². The van der Waals surface area contributed by atoms with Gasteiger partial charge in [-0.05, 0) is 30.3 Å². The zero-order valence-electron chi connectivity index (χ0n) is 17.0. The molecule has 0 bridgehead atoms. The minimum atomic E-state index is -0.316. The van der Waals surface area contributed by atoms with Gasteiger partial charge in [0.05, 0.1) is 12.8 Å². The number of rotatable bonds is 8. The van der Waals surface area contributed by atoms with Gasteiger partial charge >= 0.3 is 6.01 Å². The van der Waals surface area contributed by atoms with Crippen molar-refractivity contribution in [2.75, 3.05) is 12.4 Å². The minimum absolute atomic E-state index is 0.312. The summed E-state index contributed by atoms with van der Waals surface area (Å²) in [5, 5.41) is 5.94. The van der Waals surface area contributed by atoms with Gasteiger partial charge < -0.3 is 19.6 Å².